The zero-order chi connectivity index (χ0) is 12.1. The van der Waals surface area contributed by atoms with Crippen LogP contribution in [0.5, 0.6) is 5.75 Å². The first-order valence-corrected chi connectivity index (χ1v) is 5.71. The number of nitrogens with one attached hydrogen (secondary N) is 1. The predicted molar refractivity (Wildman–Crippen MR) is 66.7 cm³/mol. The molecule has 0 aliphatic rings. The van der Waals surface area contributed by atoms with E-state index in [0.29, 0.717) is 17.9 Å². The molecule has 0 aliphatic heterocycles. The average molecular weight is 287 g/mol. The van der Waals surface area contributed by atoms with Crippen LogP contribution in [0, 0.1) is 0 Å². The number of ether oxygens (including phenoxy) is 1. The van der Waals surface area contributed by atoms with Crippen molar-refractivity contribution < 1.29 is 9.53 Å². The van der Waals surface area contributed by atoms with Crippen LogP contribution in [0.15, 0.2) is 22.7 Å². The van der Waals surface area contributed by atoms with Crippen LogP contribution in [-0.2, 0) is 0 Å². The highest BCUT2D eigenvalue weighted by Crippen LogP contribution is 2.25. The topological polar surface area (TPSA) is 64.3 Å². The Hall–Kier alpha value is -1.07. The van der Waals surface area contributed by atoms with Crippen molar-refractivity contribution in [1.82, 2.24) is 5.32 Å². The van der Waals surface area contributed by atoms with Crippen molar-refractivity contribution >= 4 is 21.8 Å². The largest absolute Gasteiger partial charge is 0.496 e. The fourth-order valence-electron chi connectivity index (χ4n) is 1.16. The van der Waals surface area contributed by atoms with Gasteiger partial charge >= 0.3 is 0 Å². The van der Waals surface area contributed by atoms with Gasteiger partial charge in [0.05, 0.1) is 11.6 Å². The first-order valence-electron chi connectivity index (χ1n) is 4.92. The van der Waals surface area contributed by atoms with Gasteiger partial charge < -0.3 is 15.8 Å². The Bertz CT molecular complexity index is 380. The van der Waals surface area contributed by atoms with Crippen LogP contribution in [-0.4, -0.2) is 25.6 Å². The Kier molecular flexibility index (Phi) is 4.76. The number of carbonyl (C=O) groups is 1. The van der Waals surface area contributed by atoms with Crippen LogP contribution in [0.2, 0.25) is 0 Å². The summed E-state index contributed by atoms with van der Waals surface area (Å²) in [6.07, 6.45) is 0. The quantitative estimate of drug-likeness (QED) is 0.882. The van der Waals surface area contributed by atoms with Crippen molar-refractivity contribution in [2.24, 2.45) is 5.73 Å². The van der Waals surface area contributed by atoms with Gasteiger partial charge in [-0.3, -0.25) is 4.79 Å². The van der Waals surface area contributed by atoms with Gasteiger partial charge in [-0.25, -0.2) is 0 Å². The summed E-state index contributed by atoms with van der Waals surface area (Å²) in [5.74, 6) is 0.560. The normalized spacial score (nSPS) is 12.0. The minimum absolute atomic E-state index is 0.0503. The van der Waals surface area contributed by atoms with Crippen LogP contribution >= 0.6 is 15.9 Å². The van der Waals surface area contributed by atoms with E-state index in [2.05, 4.69) is 21.2 Å². The second-order valence-corrected chi connectivity index (χ2v) is 4.39. The van der Waals surface area contributed by atoms with Gasteiger partial charge in [0.1, 0.15) is 5.75 Å². The highest BCUT2D eigenvalue weighted by Gasteiger charge is 2.08. The first-order chi connectivity index (χ1) is 7.54. The summed E-state index contributed by atoms with van der Waals surface area (Å²) in [6, 6.07) is 5.12. The van der Waals surface area contributed by atoms with E-state index in [-0.39, 0.29) is 11.9 Å². The summed E-state index contributed by atoms with van der Waals surface area (Å²) < 4.78 is 5.83. The molecule has 0 spiro atoms. The molecule has 0 saturated heterocycles. The van der Waals surface area contributed by atoms with Gasteiger partial charge in [-0.2, -0.15) is 0 Å². The first kappa shape index (κ1) is 13.0. The highest BCUT2D eigenvalue weighted by molar-refractivity contribution is 9.10. The summed E-state index contributed by atoms with van der Waals surface area (Å²) in [6.45, 7) is 2.30. The van der Waals surface area contributed by atoms with Crippen molar-refractivity contribution in [3.05, 3.63) is 28.2 Å². The minimum Gasteiger partial charge on any atom is -0.496 e. The zero-order valence-electron chi connectivity index (χ0n) is 9.29. The summed E-state index contributed by atoms with van der Waals surface area (Å²) in [4.78, 5) is 11.7. The summed E-state index contributed by atoms with van der Waals surface area (Å²) in [7, 11) is 1.58. The number of amides is 1. The van der Waals surface area contributed by atoms with Gasteiger partial charge in [0.25, 0.3) is 5.91 Å². The van der Waals surface area contributed by atoms with Crippen molar-refractivity contribution in [2.75, 3.05) is 13.7 Å². The van der Waals surface area contributed by atoms with Gasteiger partial charge in [0.2, 0.25) is 0 Å². The number of nitrogens with two attached hydrogens (primary N) is 1. The molecule has 1 rings (SSSR count). The zero-order valence-corrected chi connectivity index (χ0v) is 10.9. The van der Waals surface area contributed by atoms with Gasteiger partial charge in [-0.15, -0.1) is 0 Å². The molecule has 0 radical (unpaired) electrons. The van der Waals surface area contributed by atoms with Gasteiger partial charge in [-0.05, 0) is 41.1 Å². The van der Waals surface area contributed by atoms with Crippen molar-refractivity contribution in [3.63, 3.8) is 0 Å². The number of halogens is 1. The van der Waals surface area contributed by atoms with Crippen LogP contribution < -0.4 is 15.8 Å². The molecular formula is C11H15BrN2O2. The Balaban J connectivity index is 2.73. The van der Waals surface area contributed by atoms with E-state index < -0.39 is 0 Å². The monoisotopic (exact) mass is 286 g/mol. The molecule has 0 saturated carbocycles. The fraction of sp³-hybridized carbons (Fsp3) is 0.364. The van der Waals surface area contributed by atoms with E-state index in [9.17, 15) is 4.79 Å². The molecule has 0 aliphatic carbocycles. The average Bonchev–Trinajstić information content (AvgIpc) is 2.25. The second kappa shape index (κ2) is 5.86. The smallest absolute Gasteiger partial charge is 0.251 e. The van der Waals surface area contributed by atoms with Gasteiger partial charge in [0.15, 0.2) is 0 Å². The molecule has 0 bridgehead atoms. The lowest BCUT2D eigenvalue weighted by molar-refractivity contribution is 0.0951. The Morgan fingerprint density at radius 3 is 2.81 bits per heavy atom. The summed E-state index contributed by atoms with van der Waals surface area (Å²) >= 11 is 3.33. The Morgan fingerprint density at radius 2 is 2.31 bits per heavy atom. The van der Waals surface area contributed by atoms with E-state index in [1.54, 1.807) is 25.3 Å². The maximum Gasteiger partial charge on any atom is 0.251 e. The lowest BCUT2D eigenvalue weighted by atomic mass is 10.2. The molecule has 88 valence electrons. The third kappa shape index (κ3) is 3.50. The number of rotatable bonds is 4. The lowest BCUT2D eigenvalue weighted by Gasteiger charge is -2.09. The van der Waals surface area contributed by atoms with E-state index in [1.807, 2.05) is 6.92 Å². The standard InChI is InChI=1S/C11H15BrN2O2/c1-7(13)6-14-11(15)8-3-4-10(16-2)9(12)5-8/h3-5,7H,6,13H2,1-2H3,(H,14,15). The van der Waals surface area contributed by atoms with E-state index >= 15 is 0 Å². The lowest BCUT2D eigenvalue weighted by Crippen LogP contribution is -2.35. The molecule has 16 heavy (non-hydrogen) atoms. The number of hydrogen-bond acceptors (Lipinski definition) is 3. The molecule has 0 heterocycles. The molecule has 0 aromatic heterocycles. The molecule has 1 amide bonds. The molecule has 5 heteroatoms. The summed E-state index contributed by atoms with van der Waals surface area (Å²) in [5, 5.41) is 2.74. The van der Waals surface area contributed by atoms with Crippen molar-refractivity contribution in [3.8, 4) is 5.75 Å². The number of carbonyl (C=O) groups excluding carboxylic acids is 1. The SMILES string of the molecule is COc1ccc(C(=O)NCC(C)N)cc1Br. The van der Waals surface area contributed by atoms with E-state index in [4.69, 9.17) is 10.5 Å². The minimum atomic E-state index is -0.138. The van der Waals surface area contributed by atoms with Crippen LogP contribution in [0.3, 0.4) is 0 Å². The van der Waals surface area contributed by atoms with Crippen LogP contribution in [0.25, 0.3) is 0 Å². The Labute approximate surface area is 103 Å². The fourth-order valence-corrected chi connectivity index (χ4v) is 1.70. The van der Waals surface area contributed by atoms with E-state index in [0.717, 1.165) is 4.47 Å². The maximum atomic E-state index is 11.7. The number of benzene rings is 1. The maximum absolute atomic E-state index is 11.7. The van der Waals surface area contributed by atoms with Crippen LogP contribution in [0.1, 0.15) is 17.3 Å². The van der Waals surface area contributed by atoms with Crippen LogP contribution in [0.4, 0.5) is 0 Å². The van der Waals surface area contributed by atoms with E-state index in [1.165, 1.54) is 0 Å². The molecule has 1 aromatic carbocycles. The summed E-state index contributed by atoms with van der Waals surface area (Å²) in [5.41, 5.74) is 6.13. The highest BCUT2D eigenvalue weighted by atomic mass is 79.9. The predicted octanol–water partition coefficient (Wildman–Crippen LogP) is 1.53. The number of hydrogen-bond donors (Lipinski definition) is 2. The second-order valence-electron chi connectivity index (χ2n) is 3.54. The molecule has 0 fully saturated rings. The van der Waals surface area contributed by atoms with Gasteiger partial charge in [-0.1, -0.05) is 0 Å². The molecule has 4 nitrogen and oxygen atoms in total. The van der Waals surface area contributed by atoms with Crippen molar-refractivity contribution in [2.45, 2.75) is 13.0 Å². The third-order valence-electron chi connectivity index (χ3n) is 2.00. The molecule has 3 N–H and O–H groups in total. The molecular weight excluding hydrogens is 272 g/mol. The third-order valence-corrected chi connectivity index (χ3v) is 2.62. The molecule has 1 aromatic rings. The number of methoxy groups -OCH3 is 1. The molecule has 1 atom stereocenters. The van der Waals surface area contributed by atoms with Crippen molar-refractivity contribution in [1.29, 1.82) is 0 Å². The molecule has 1 unspecified atom stereocenters. The van der Waals surface area contributed by atoms with Gasteiger partial charge in [0, 0.05) is 18.2 Å². The Morgan fingerprint density at radius 1 is 1.62 bits per heavy atom.